The minimum Gasteiger partial charge on any atom is -0.264 e. The highest BCUT2D eigenvalue weighted by Gasteiger charge is 2.16. The standard InChI is InChI=1S/C14H17NS/c1-10-7-11(9-15-8-10)12-5-6-13(16-12)14(2,3)4/h5-9H,1-4H3. The Morgan fingerprint density at radius 2 is 1.88 bits per heavy atom. The van der Waals surface area contributed by atoms with Gasteiger partial charge in [0.1, 0.15) is 0 Å². The van der Waals surface area contributed by atoms with E-state index in [0.29, 0.717) is 0 Å². The Morgan fingerprint density at radius 1 is 1.12 bits per heavy atom. The number of rotatable bonds is 1. The third kappa shape index (κ3) is 2.33. The Hall–Kier alpha value is -1.15. The molecule has 2 rings (SSSR count). The van der Waals surface area contributed by atoms with Crippen LogP contribution in [0.2, 0.25) is 0 Å². The van der Waals surface area contributed by atoms with E-state index in [1.165, 1.54) is 20.9 Å². The fourth-order valence-corrected chi connectivity index (χ4v) is 2.63. The van der Waals surface area contributed by atoms with Crippen LogP contribution in [0, 0.1) is 6.92 Å². The van der Waals surface area contributed by atoms with E-state index in [1.807, 2.05) is 23.7 Å². The highest BCUT2D eigenvalue weighted by molar-refractivity contribution is 7.15. The lowest BCUT2D eigenvalue weighted by Crippen LogP contribution is -2.07. The molecule has 0 saturated carbocycles. The lowest BCUT2D eigenvalue weighted by Gasteiger charge is -2.15. The first-order chi connectivity index (χ1) is 7.47. The molecule has 0 N–H and O–H groups in total. The minimum atomic E-state index is 0.236. The first kappa shape index (κ1) is 11.3. The van der Waals surface area contributed by atoms with Crippen molar-refractivity contribution in [2.75, 3.05) is 0 Å². The fourth-order valence-electron chi connectivity index (χ4n) is 1.59. The average molecular weight is 231 g/mol. The molecule has 2 heterocycles. The van der Waals surface area contributed by atoms with Crippen LogP contribution in [0.1, 0.15) is 31.2 Å². The summed E-state index contributed by atoms with van der Waals surface area (Å²) >= 11 is 1.86. The third-order valence-electron chi connectivity index (χ3n) is 2.50. The first-order valence-corrected chi connectivity index (χ1v) is 6.31. The number of pyridine rings is 1. The van der Waals surface area contributed by atoms with Crippen molar-refractivity contribution in [1.82, 2.24) is 4.98 Å². The molecule has 2 aromatic rings. The molecule has 2 heteroatoms. The molecule has 16 heavy (non-hydrogen) atoms. The molecule has 84 valence electrons. The monoisotopic (exact) mass is 231 g/mol. The smallest absolute Gasteiger partial charge is 0.0361 e. The van der Waals surface area contributed by atoms with Crippen LogP contribution < -0.4 is 0 Å². The predicted octanol–water partition coefficient (Wildman–Crippen LogP) is 4.42. The zero-order valence-corrected chi connectivity index (χ0v) is 11.1. The highest BCUT2D eigenvalue weighted by atomic mass is 32.1. The van der Waals surface area contributed by atoms with E-state index in [1.54, 1.807) is 0 Å². The molecule has 0 fully saturated rings. The molecule has 0 radical (unpaired) electrons. The second-order valence-electron chi connectivity index (χ2n) is 5.16. The molecule has 0 aromatic carbocycles. The number of aryl methyl sites for hydroxylation is 1. The molecule has 0 aliphatic carbocycles. The maximum absolute atomic E-state index is 4.24. The van der Waals surface area contributed by atoms with Gasteiger partial charge in [0.05, 0.1) is 0 Å². The zero-order chi connectivity index (χ0) is 11.8. The van der Waals surface area contributed by atoms with Crippen LogP contribution in [0.3, 0.4) is 0 Å². The molecule has 0 aliphatic rings. The Balaban J connectivity index is 2.39. The Labute approximate surface area is 101 Å². The third-order valence-corrected chi connectivity index (χ3v) is 4.06. The summed E-state index contributed by atoms with van der Waals surface area (Å²) < 4.78 is 0. The summed E-state index contributed by atoms with van der Waals surface area (Å²) in [4.78, 5) is 6.97. The van der Waals surface area contributed by atoms with Gasteiger partial charge in [0, 0.05) is 27.7 Å². The Morgan fingerprint density at radius 3 is 2.44 bits per heavy atom. The lowest BCUT2D eigenvalue weighted by molar-refractivity contribution is 0.604. The van der Waals surface area contributed by atoms with Crippen molar-refractivity contribution >= 4 is 11.3 Å². The predicted molar refractivity (Wildman–Crippen MR) is 71.0 cm³/mol. The van der Waals surface area contributed by atoms with Crippen molar-refractivity contribution in [3.05, 3.63) is 41.0 Å². The maximum atomic E-state index is 4.24. The van der Waals surface area contributed by atoms with E-state index in [2.05, 4.69) is 50.9 Å². The van der Waals surface area contributed by atoms with E-state index >= 15 is 0 Å². The summed E-state index contributed by atoms with van der Waals surface area (Å²) in [5.41, 5.74) is 2.67. The van der Waals surface area contributed by atoms with Crippen LogP contribution >= 0.6 is 11.3 Å². The normalized spacial score (nSPS) is 11.8. The SMILES string of the molecule is Cc1cncc(-c2ccc(C(C)(C)C)s2)c1. The van der Waals surface area contributed by atoms with Gasteiger partial charge in [0.15, 0.2) is 0 Å². The number of hydrogen-bond acceptors (Lipinski definition) is 2. The van der Waals surface area contributed by atoms with Crippen LogP contribution in [0.5, 0.6) is 0 Å². The van der Waals surface area contributed by atoms with E-state index in [0.717, 1.165) is 0 Å². The Kier molecular flexibility index (Phi) is 2.85. The molecular weight excluding hydrogens is 214 g/mol. The second kappa shape index (κ2) is 4.02. The largest absolute Gasteiger partial charge is 0.264 e. The summed E-state index contributed by atoms with van der Waals surface area (Å²) in [5, 5.41) is 0. The van der Waals surface area contributed by atoms with Gasteiger partial charge in [0.2, 0.25) is 0 Å². The molecule has 0 saturated heterocycles. The van der Waals surface area contributed by atoms with Crippen LogP contribution in [0.4, 0.5) is 0 Å². The molecular formula is C14H17NS. The number of aromatic nitrogens is 1. The quantitative estimate of drug-likeness (QED) is 0.708. The molecule has 0 amide bonds. The minimum absolute atomic E-state index is 0.236. The van der Waals surface area contributed by atoms with Gasteiger partial charge in [-0.3, -0.25) is 4.98 Å². The Bertz CT molecular complexity index is 491. The van der Waals surface area contributed by atoms with Crippen molar-refractivity contribution in [2.45, 2.75) is 33.1 Å². The van der Waals surface area contributed by atoms with Gasteiger partial charge in [-0.05, 0) is 36.1 Å². The number of thiophene rings is 1. The van der Waals surface area contributed by atoms with Crippen molar-refractivity contribution < 1.29 is 0 Å². The second-order valence-corrected chi connectivity index (χ2v) is 6.25. The van der Waals surface area contributed by atoms with Gasteiger partial charge >= 0.3 is 0 Å². The summed E-state index contributed by atoms with van der Waals surface area (Å²) in [6, 6.07) is 6.61. The zero-order valence-electron chi connectivity index (χ0n) is 10.2. The molecule has 0 unspecified atom stereocenters. The number of hydrogen-bond donors (Lipinski definition) is 0. The fraction of sp³-hybridized carbons (Fsp3) is 0.357. The molecule has 1 nitrogen and oxygen atoms in total. The van der Waals surface area contributed by atoms with Gasteiger partial charge in [-0.15, -0.1) is 11.3 Å². The van der Waals surface area contributed by atoms with Crippen LogP contribution in [0.15, 0.2) is 30.6 Å². The van der Waals surface area contributed by atoms with Crippen molar-refractivity contribution in [3.8, 4) is 10.4 Å². The summed E-state index contributed by atoms with van der Waals surface area (Å²) in [6.07, 6.45) is 3.83. The summed E-state index contributed by atoms with van der Waals surface area (Å²) in [5.74, 6) is 0. The lowest BCUT2D eigenvalue weighted by atomic mass is 9.95. The van der Waals surface area contributed by atoms with Gasteiger partial charge in [-0.2, -0.15) is 0 Å². The van der Waals surface area contributed by atoms with Crippen molar-refractivity contribution in [3.63, 3.8) is 0 Å². The van der Waals surface area contributed by atoms with Gasteiger partial charge in [-0.25, -0.2) is 0 Å². The van der Waals surface area contributed by atoms with E-state index in [4.69, 9.17) is 0 Å². The topological polar surface area (TPSA) is 12.9 Å². The van der Waals surface area contributed by atoms with Gasteiger partial charge in [0.25, 0.3) is 0 Å². The van der Waals surface area contributed by atoms with Crippen LogP contribution in [-0.4, -0.2) is 4.98 Å². The first-order valence-electron chi connectivity index (χ1n) is 5.49. The van der Waals surface area contributed by atoms with Crippen LogP contribution in [0.25, 0.3) is 10.4 Å². The molecule has 0 aliphatic heterocycles. The maximum Gasteiger partial charge on any atom is 0.0361 e. The van der Waals surface area contributed by atoms with E-state index < -0.39 is 0 Å². The van der Waals surface area contributed by atoms with Crippen molar-refractivity contribution in [1.29, 1.82) is 0 Å². The van der Waals surface area contributed by atoms with Gasteiger partial charge < -0.3 is 0 Å². The van der Waals surface area contributed by atoms with Gasteiger partial charge in [-0.1, -0.05) is 20.8 Å². The number of nitrogens with zero attached hydrogens (tertiary/aromatic N) is 1. The summed E-state index contributed by atoms with van der Waals surface area (Å²) in [7, 11) is 0. The molecule has 0 bridgehead atoms. The van der Waals surface area contributed by atoms with Crippen molar-refractivity contribution in [2.24, 2.45) is 0 Å². The average Bonchev–Trinajstić information content (AvgIpc) is 2.65. The molecule has 0 atom stereocenters. The summed E-state index contributed by atoms with van der Waals surface area (Å²) in [6.45, 7) is 8.82. The molecule has 0 spiro atoms. The molecule has 2 aromatic heterocycles. The van der Waals surface area contributed by atoms with E-state index in [9.17, 15) is 0 Å². The van der Waals surface area contributed by atoms with E-state index in [-0.39, 0.29) is 5.41 Å². The highest BCUT2D eigenvalue weighted by Crippen LogP contribution is 2.34. The van der Waals surface area contributed by atoms with Crippen LogP contribution in [-0.2, 0) is 5.41 Å².